The number of aromatic nitrogens is 1. The molecule has 1 unspecified atom stereocenters. The zero-order valence-corrected chi connectivity index (χ0v) is 8.79. The van der Waals surface area contributed by atoms with Crippen molar-refractivity contribution in [2.45, 2.75) is 6.04 Å². The summed E-state index contributed by atoms with van der Waals surface area (Å²) < 4.78 is 0. The highest BCUT2D eigenvalue weighted by Gasteiger charge is 2.29. The van der Waals surface area contributed by atoms with Gasteiger partial charge in [-0.05, 0) is 19.2 Å². The van der Waals surface area contributed by atoms with Crippen LogP contribution in [0.15, 0.2) is 18.3 Å². The van der Waals surface area contributed by atoms with Gasteiger partial charge in [0.25, 0.3) is 0 Å². The second kappa shape index (κ2) is 4.35. The number of H-pyrrole nitrogens is 1. The van der Waals surface area contributed by atoms with E-state index >= 15 is 0 Å². The first kappa shape index (κ1) is 10.0. The second-order valence-electron chi connectivity index (χ2n) is 3.68. The van der Waals surface area contributed by atoms with Crippen molar-refractivity contribution in [2.24, 2.45) is 0 Å². The summed E-state index contributed by atoms with van der Waals surface area (Å²) >= 11 is 0. The zero-order chi connectivity index (χ0) is 10.7. The molecule has 5 nitrogen and oxygen atoms in total. The number of aromatic amines is 1. The van der Waals surface area contributed by atoms with Crippen LogP contribution in [0.1, 0.15) is 11.7 Å². The van der Waals surface area contributed by atoms with Crippen molar-refractivity contribution in [2.75, 3.05) is 26.7 Å². The van der Waals surface area contributed by atoms with Crippen LogP contribution < -0.4 is 10.6 Å². The van der Waals surface area contributed by atoms with Gasteiger partial charge in [-0.2, -0.15) is 0 Å². The molecule has 15 heavy (non-hydrogen) atoms. The highest BCUT2D eigenvalue weighted by molar-refractivity contribution is 5.77. The number of carbonyl (C=O) groups excluding carboxylic acids is 1. The van der Waals surface area contributed by atoms with Crippen LogP contribution in [-0.4, -0.2) is 42.6 Å². The van der Waals surface area contributed by atoms with Gasteiger partial charge in [0.1, 0.15) is 0 Å². The monoisotopic (exact) mass is 208 g/mol. The van der Waals surface area contributed by atoms with E-state index in [2.05, 4.69) is 15.6 Å². The Kier molecular flexibility index (Phi) is 2.91. The number of urea groups is 1. The van der Waals surface area contributed by atoms with Gasteiger partial charge >= 0.3 is 6.03 Å². The van der Waals surface area contributed by atoms with Gasteiger partial charge in [-0.15, -0.1) is 0 Å². The summed E-state index contributed by atoms with van der Waals surface area (Å²) in [5.74, 6) is 0. The van der Waals surface area contributed by atoms with Crippen molar-refractivity contribution in [3.63, 3.8) is 0 Å². The molecule has 2 heterocycles. The molecule has 0 bridgehead atoms. The molecule has 0 aliphatic carbocycles. The van der Waals surface area contributed by atoms with Gasteiger partial charge in [0.15, 0.2) is 0 Å². The summed E-state index contributed by atoms with van der Waals surface area (Å²) in [4.78, 5) is 16.5. The Hall–Kier alpha value is -1.49. The fourth-order valence-electron chi connectivity index (χ4n) is 1.77. The Balaban J connectivity index is 1.95. The van der Waals surface area contributed by atoms with Crippen molar-refractivity contribution in [1.82, 2.24) is 20.5 Å². The number of nitrogens with zero attached hydrogens (tertiary/aromatic N) is 1. The highest BCUT2D eigenvalue weighted by Crippen LogP contribution is 2.17. The average molecular weight is 208 g/mol. The molecule has 2 amide bonds. The van der Waals surface area contributed by atoms with Gasteiger partial charge in [-0.25, -0.2) is 4.79 Å². The van der Waals surface area contributed by atoms with E-state index in [1.54, 1.807) is 0 Å². The molecule has 1 aromatic heterocycles. The zero-order valence-electron chi connectivity index (χ0n) is 8.79. The van der Waals surface area contributed by atoms with Gasteiger partial charge in [-0.3, -0.25) is 0 Å². The maximum absolute atomic E-state index is 11.6. The molecule has 5 heteroatoms. The lowest BCUT2D eigenvalue weighted by molar-refractivity contribution is 0.218. The molecular formula is C10H16N4O. The smallest absolute Gasteiger partial charge is 0.318 e. The lowest BCUT2D eigenvalue weighted by atomic mass is 10.2. The number of hydrogen-bond donors (Lipinski definition) is 3. The predicted octanol–water partition coefficient (Wildman–Crippen LogP) is 0.300. The van der Waals surface area contributed by atoms with Gasteiger partial charge in [0.05, 0.1) is 6.04 Å². The summed E-state index contributed by atoms with van der Waals surface area (Å²) in [5, 5.41) is 5.98. The van der Waals surface area contributed by atoms with Crippen LogP contribution >= 0.6 is 0 Å². The molecule has 82 valence electrons. The van der Waals surface area contributed by atoms with Crippen LogP contribution in [-0.2, 0) is 0 Å². The van der Waals surface area contributed by atoms with Crippen LogP contribution in [0.2, 0.25) is 0 Å². The number of amides is 2. The van der Waals surface area contributed by atoms with Gasteiger partial charge in [-0.1, -0.05) is 0 Å². The Bertz CT molecular complexity index is 322. The van der Waals surface area contributed by atoms with E-state index in [9.17, 15) is 4.79 Å². The first-order chi connectivity index (χ1) is 7.31. The van der Waals surface area contributed by atoms with E-state index in [1.165, 1.54) is 0 Å². The summed E-state index contributed by atoms with van der Waals surface area (Å²) in [5.41, 5.74) is 1.07. The fourth-order valence-corrected chi connectivity index (χ4v) is 1.77. The summed E-state index contributed by atoms with van der Waals surface area (Å²) in [7, 11) is 1.89. The second-order valence-corrected chi connectivity index (χ2v) is 3.68. The van der Waals surface area contributed by atoms with Crippen LogP contribution in [0, 0.1) is 0 Å². The van der Waals surface area contributed by atoms with E-state index in [-0.39, 0.29) is 12.1 Å². The third-order valence-corrected chi connectivity index (χ3v) is 2.62. The molecule has 0 aromatic carbocycles. The molecule has 1 fully saturated rings. The predicted molar refractivity (Wildman–Crippen MR) is 57.6 cm³/mol. The maximum atomic E-state index is 11.6. The number of hydrogen-bond acceptors (Lipinski definition) is 2. The Labute approximate surface area is 88.8 Å². The molecular weight excluding hydrogens is 192 g/mol. The third-order valence-electron chi connectivity index (χ3n) is 2.62. The molecule has 2 rings (SSSR count). The molecule has 0 radical (unpaired) electrons. The van der Waals surface area contributed by atoms with E-state index < -0.39 is 0 Å². The van der Waals surface area contributed by atoms with Crippen LogP contribution in [0.3, 0.4) is 0 Å². The van der Waals surface area contributed by atoms with Crippen molar-refractivity contribution in [1.29, 1.82) is 0 Å². The molecule has 0 spiro atoms. The minimum atomic E-state index is 0.0184. The topological polar surface area (TPSA) is 60.2 Å². The quantitative estimate of drug-likeness (QED) is 0.666. The highest BCUT2D eigenvalue weighted by atomic mass is 16.2. The van der Waals surface area contributed by atoms with Crippen molar-refractivity contribution in [3.05, 3.63) is 24.0 Å². The number of rotatable bonds is 4. The molecule has 1 aliphatic heterocycles. The van der Waals surface area contributed by atoms with Crippen molar-refractivity contribution < 1.29 is 4.79 Å². The largest absolute Gasteiger partial charge is 0.363 e. The van der Waals surface area contributed by atoms with Crippen molar-refractivity contribution >= 4 is 6.03 Å². The molecule has 1 saturated heterocycles. The summed E-state index contributed by atoms with van der Waals surface area (Å²) in [6.07, 6.45) is 1.87. The number of carbonyl (C=O) groups is 1. The van der Waals surface area contributed by atoms with E-state index in [1.807, 2.05) is 30.3 Å². The minimum Gasteiger partial charge on any atom is -0.363 e. The van der Waals surface area contributed by atoms with Crippen LogP contribution in [0.25, 0.3) is 0 Å². The standard InChI is InChI=1S/C10H16N4O/c1-11-5-6-14-7-9(13-10(14)15)8-3-2-4-12-8/h2-4,9,11-12H,5-7H2,1H3,(H,13,15). The normalized spacial score (nSPS) is 20.7. The molecule has 1 aliphatic rings. The number of likely N-dealkylation sites (N-methyl/N-ethyl adjacent to an activating group) is 1. The van der Waals surface area contributed by atoms with Crippen LogP contribution in [0.4, 0.5) is 4.79 Å². The average Bonchev–Trinajstić information content (AvgIpc) is 2.83. The Morgan fingerprint density at radius 2 is 2.53 bits per heavy atom. The third kappa shape index (κ3) is 2.12. The summed E-state index contributed by atoms with van der Waals surface area (Å²) in [6.45, 7) is 2.31. The van der Waals surface area contributed by atoms with E-state index in [0.717, 1.165) is 25.3 Å². The van der Waals surface area contributed by atoms with Gasteiger partial charge in [0, 0.05) is 31.5 Å². The Morgan fingerprint density at radius 3 is 3.20 bits per heavy atom. The minimum absolute atomic E-state index is 0.0184. The van der Waals surface area contributed by atoms with Gasteiger partial charge in [0.2, 0.25) is 0 Å². The fraction of sp³-hybridized carbons (Fsp3) is 0.500. The first-order valence-electron chi connectivity index (χ1n) is 5.14. The van der Waals surface area contributed by atoms with Crippen LogP contribution in [0.5, 0.6) is 0 Å². The van der Waals surface area contributed by atoms with E-state index in [0.29, 0.717) is 0 Å². The molecule has 1 aromatic rings. The van der Waals surface area contributed by atoms with E-state index in [4.69, 9.17) is 0 Å². The number of nitrogens with one attached hydrogen (secondary N) is 3. The SMILES string of the molecule is CNCCN1CC(c2ccc[nH]2)NC1=O. The molecule has 0 saturated carbocycles. The first-order valence-corrected chi connectivity index (χ1v) is 5.14. The summed E-state index contributed by atoms with van der Waals surface area (Å²) in [6, 6.07) is 4.05. The molecule has 3 N–H and O–H groups in total. The lowest BCUT2D eigenvalue weighted by Crippen LogP contribution is -2.33. The Morgan fingerprint density at radius 1 is 1.67 bits per heavy atom. The molecule has 1 atom stereocenters. The van der Waals surface area contributed by atoms with Gasteiger partial charge < -0.3 is 20.5 Å². The lowest BCUT2D eigenvalue weighted by Gasteiger charge is -2.13. The van der Waals surface area contributed by atoms with Crippen molar-refractivity contribution in [3.8, 4) is 0 Å². The maximum Gasteiger partial charge on any atom is 0.318 e.